The van der Waals surface area contributed by atoms with Crippen LogP contribution >= 0.6 is 11.3 Å². The Morgan fingerprint density at radius 3 is 2.52 bits per heavy atom. The lowest BCUT2D eigenvalue weighted by atomic mass is 10.1. The highest BCUT2D eigenvalue weighted by Crippen LogP contribution is 2.17. The summed E-state index contributed by atoms with van der Waals surface area (Å²) >= 11 is 1.77. The van der Waals surface area contributed by atoms with E-state index in [-0.39, 0.29) is 5.82 Å². The Labute approximate surface area is 153 Å². The van der Waals surface area contributed by atoms with Crippen LogP contribution in [0.2, 0.25) is 0 Å². The quantitative estimate of drug-likeness (QED) is 0.586. The van der Waals surface area contributed by atoms with Crippen LogP contribution in [0.25, 0.3) is 0 Å². The van der Waals surface area contributed by atoms with Crippen LogP contribution in [0.1, 0.15) is 33.6 Å². The molecule has 0 atom stereocenters. The first-order chi connectivity index (χ1) is 12.0. The van der Waals surface area contributed by atoms with E-state index in [2.05, 4.69) is 34.5 Å². The van der Waals surface area contributed by atoms with Crippen LogP contribution in [-0.4, -0.2) is 31.1 Å². The lowest BCUT2D eigenvalue weighted by Gasteiger charge is -2.12. The highest BCUT2D eigenvalue weighted by atomic mass is 32.1. The lowest BCUT2D eigenvalue weighted by Crippen LogP contribution is -2.39. The first-order valence-corrected chi connectivity index (χ1v) is 9.49. The molecule has 0 saturated heterocycles. The van der Waals surface area contributed by atoms with E-state index in [4.69, 9.17) is 0 Å². The number of hydrogen-bond acceptors (Lipinski definition) is 3. The molecule has 0 amide bonds. The molecular weight excluding hydrogens is 335 g/mol. The third-order valence-corrected chi connectivity index (χ3v) is 5.19. The minimum Gasteiger partial charge on any atom is -0.356 e. The Morgan fingerprint density at radius 2 is 1.92 bits per heavy atom. The molecule has 2 N–H and O–H groups in total. The van der Waals surface area contributed by atoms with Crippen molar-refractivity contribution in [2.24, 2.45) is 4.99 Å². The van der Waals surface area contributed by atoms with Crippen LogP contribution in [0.15, 0.2) is 23.2 Å². The number of halogens is 1. The second kappa shape index (κ2) is 9.51. The summed E-state index contributed by atoms with van der Waals surface area (Å²) in [6.07, 6.45) is 2.71. The van der Waals surface area contributed by atoms with Gasteiger partial charge in [0.1, 0.15) is 5.82 Å². The maximum Gasteiger partial charge on any atom is 0.191 e. The lowest BCUT2D eigenvalue weighted by molar-refractivity contribution is 0.625. The number of aromatic nitrogens is 1. The number of hydrogen-bond donors (Lipinski definition) is 2. The molecule has 0 saturated carbocycles. The summed E-state index contributed by atoms with van der Waals surface area (Å²) in [5, 5.41) is 7.79. The molecule has 1 aromatic carbocycles. The molecule has 0 fully saturated rings. The van der Waals surface area contributed by atoms with E-state index in [0.29, 0.717) is 0 Å². The van der Waals surface area contributed by atoms with Crippen LogP contribution in [0.4, 0.5) is 4.39 Å². The predicted octanol–water partition coefficient (Wildman–Crippen LogP) is 3.41. The number of aryl methyl sites for hydroxylation is 3. The maximum absolute atomic E-state index is 13.1. The molecule has 0 bridgehead atoms. The van der Waals surface area contributed by atoms with Crippen LogP contribution in [0.3, 0.4) is 0 Å². The standard InChI is InChI=1S/C19H27FN4S/c1-5-17-14(3)25-18(24-17)9-11-23-19(21-4)22-10-8-15-6-7-16(20)12-13(15)2/h6-7,12H,5,8-11H2,1-4H3,(H2,21,22,23). The van der Waals surface area contributed by atoms with Crippen molar-refractivity contribution in [3.8, 4) is 0 Å². The van der Waals surface area contributed by atoms with Gasteiger partial charge in [0.15, 0.2) is 5.96 Å². The maximum atomic E-state index is 13.1. The van der Waals surface area contributed by atoms with Crippen molar-refractivity contribution in [2.45, 2.75) is 40.0 Å². The summed E-state index contributed by atoms with van der Waals surface area (Å²) in [5.74, 6) is 0.596. The molecule has 0 aliphatic heterocycles. The van der Waals surface area contributed by atoms with Gasteiger partial charge in [-0.15, -0.1) is 11.3 Å². The van der Waals surface area contributed by atoms with E-state index in [1.165, 1.54) is 21.6 Å². The van der Waals surface area contributed by atoms with E-state index in [1.807, 2.05) is 13.0 Å². The zero-order chi connectivity index (χ0) is 18.2. The molecule has 1 heterocycles. The summed E-state index contributed by atoms with van der Waals surface area (Å²) in [5.41, 5.74) is 3.34. The molecule has 0 unspecified atom stereocenters. The van der Waals surface area contributed by atoms with Crippen LogP contribution in [-0.2, 0) is 19.3 Å². The van der Waals surface area contributed by atoms with Gasteiger partial charge in [0, 0.05) is 31.4 Å². The topological polar surface area (TPSA) is 49.3 Å². The highest BCUT2D eigenvalue weighted by Gasteiger charge is 2.06. The SMILES string of the molecule is CCc1nc(CCNC(=NC)NCCc2ccc(F)cc2C)sc1C. The summed E-state index contributed by atoms with van der Waals surface area (Å²) in [4.78, 5) is 10.2. The number of aliphatic imine (C=N–C) groups is 1. The van der Waals surface area contributed by atoms with Gasteiger partial charge in [-0.3, -0.25) is 4.99 Å². The second-order valence-electron chi connectivity index (χ2n) is 5.96. The minimum absolute atomic E-state index is 0.185. The minimum atomic E-state index is -0.185. The van der Waals surface area contributed by atoms with E-state index >= 15 is 0 Å². The molecule has 4 nitrogen and oxygen atoms in total. The first kappa shape index (κ1) is 19.4. The van der Waals surface area contributed by atoms with E-state index in [0.717, 1.165) is 49.4 Å². The van der Waals surface area contributed by atoms with Gasteiger partial charge < -0.3 is 10.6 Å². The molecule has 0 radical (unpaired) electrons. The molecule has 2 aromatic rings. The van der Waals surface area contributed by atoms with Crippen LogP contribution < -0.4 is 10.6 Å². The van der Waals surface area contributed by atoms with E-state index < -0.39 is 0 Å². The molecule has 0 aliphatic carbocycles. The Bertz CT molecular complexity index is 724. The van der Waals surface area contributed by atoms with Gasteiger partial charge in [-0.1, -0.05) is 13.0 Å². The Balaban J connectivity index is 1.75. The fraction of sp³-hybridized carbons (Fsp3) is 0.474. The van der Waals surface area contributed by atoms with Gasteiger partial charge in [0.2, 0.25) is 0 Å². The third-order valence-electron chi connectivity index (χ3n) is 4.12. The Hall–Kier alpha value is -1.95. The monoisotopic (exact) mass is 362 g/mol. The molecular formula is C19H27FN4S. The summed E-state index contributed by atoms with van der Waals surface area (Å²) in [6.45, 7) is 7.75. The van der Waals surface area contributed by atoms with Crippen molar-refractivity contribution in [3.05, 3.63) is 50.7 Å². The average molecular weight is 363 g/mol. The first-order valence-electron chi connectivity index (χ1n) is 8.68. The zero-order valence-corrected chi connectivity index (χ0v) is 16.3. The zero-order valence-electron chi connectivity index (χ0n) is 15.4. The summed E-state index contributed by atoms with van der Waals surface area (Å²) in [6, 6.07) is 4.93. The van der Waals surface area contributed by atoms with Gasteiger partial charge in [-0.25, -0.2) is 9.37 Å². The van der Waals surface area contributed by atoms with Crippen molar-refractivity contribution in [2.75, 3.05) is 20.1 Å². The number of rotatable bonds is 7. The number of guanidine groups is 1. The molecule has 0 aliphatic rings. The third kappa shape index (κ3) is 5.81. The second-order valence-corrected chi connectivity index (χ2v) is 7.25. The molecule has 1 aromatic heterocycles. The normalized spacial score (nSPS) is 11.6. The van der Waals surface area contributed by atoms with Gasteiger partial charge in [0.05, 0.1) is 10.7 Å². The van der Waals surface area contributed by atoms with Gasteiger partial charge in [-0.05, 0) is 49.9 Å². The highest BCUT2D eigenvalue weighted by molar-refractivity contribution is 7.11. The smallest absolute Gasteiger partial charge is 0.191 e. The number of nitrogens with one attached hydrogen (secondary N) is 2. The van der Waals surface area contributed by atoms with Gasteiger partial charge in [0.25, 0.3) is 0 Å². The number of benzene rings is 1. The molecule has 0 spiro atoms. The fourth-order valence-corrected chi connectivity index (χ4v) is 3.71. The van der Waals surface area contributed by atoms with E-state index in [1.54, 1.807) is 24.5 Å². The fourth-order valence-electron chi connectivity index (χ4n) is 2.69. The van der Waals surface area contributed by atoms with E-state index in [9.17, 15) is 4.39 Å². The largest absolute Gasteiger partial charge is 0.356 e. The van der Waals surface area contributed by atoms with Crippen molar-refractivity contribution in [1.82, 2.24) is 15.6 Å². The van der Waals surface area contributed by atoms with Crippen LogP contribution in [0.5, 0.6) is 0 Å². The van der Waals surface area contributed by atoms with Crippen molar-refractivity contribution >= 4 is 17.3 Å². The van der Waals surface area contributed by atoms with Gasteiger partial charge >= 0.3 is 0 Å². The van der Waals surface area contributed by atoms with Crippen molar-refractivity contribution in [3.63, 3.8) is 0 Å². The Morgan fingerprint density at radius 1 is 1.20 bits per heavy atom. The van der Waals surface area contributed by atoms with Gasteiger partial charge in [-0.2, -0.15) is 0 Å². The number of nitrogens with zero attached hydrogens (tertiary/aromatic N) is 2. The van der Waals surface area contributed by atoms with Crippen molar-refractivity contribution < 1.29 is 4.39 Å². The Kier molecular flexibility index (Phi) is 7.37. The molecule has 136 valence electrons. The van der Waals surface area contributed by atoms with Crippen molar-refractivity contribution in [1.29, 1.82) is 0 Å². The molecule has 25 heavy (non-hydrogen) atoms. The predicted molar refractivity (Wildman–Crippen MR) is 104 cm³/mol. The molecule has 6 heteroatoms. The number of thiazole rings is 1. The van der Waals surface area contributed by atoms with Crippen LogP contribution in [0, 0.1) is 19.7 Å². The summed E-state index contributed by atoms with van der Waals surface area (Å²) < 4.78 is 13.1. The molecule has 2 rings (SSSR count). The summed E-state index contributed by atoms with van der Waals surface area (Å²) in [7, 11) is 1.77. The average Bonchev–Trinajstić information content (AvgIpc) is 2.95.